The van der Waals surface area contributed by atoms with Crippen LogP contribution in [0.5, 0.6) is 5.75 Å². The summed E-state index contributed by atoms with van der Waals surface area (Å²) >= 11 is 0. The number of rotatable bonds is 4. The molecule has 2 aromatic rings. The second-order valence-corrected chi connectivity index (χ2v) is 8.95. The van der Waals surface area contributed by atoms with E-state index in [0.29, 0.717) is 18.0 Å². The van der Waals surface area contributed by atoms with Crippen LogP contribution in [0.1, 0.15) is 5.56 Å². The number of halogens is 3. The summed E-state index contributed by atoms with van der Waals surface area (Å²) in [5.74, 6) is 0.417. The molecule has 0 aliphatic carbocycles. The third-order valence-corrected chi connectivity index (χ3v) is 6.86. The molecule has 2 rings (SSSR count). The second-order valence-electron chi connectivity index (χ2n) is 4.91. The van der Waals surface area contributed by atoms with Crippen molar-refractivity contribution in [1.82, 2.24) is 4.98 Å². The van der Waals surface area contributed by atoms with Crippen molar-refractivity contribution in [3.05, 3.63) is 48.2 Å². The van der Waals surface area contributed by atoms with E-state index >= 15 is 0 Å². The van der Waals surface area contributed by atoms with Crippen LogP contribution in [-0.4, -0.2) is 31.0 Å². The Morgan fingerprint density at radius 3 is 2.08 bits per heavy atom. The zero-order valence-corrected chi connectivity index (χ0v) is 14.7. The molecule has 11 heteroatoms. The lowest BCUT2D eigenvalue weighted by molar-refractivity contribution is -0.137. The first-order chi connectivity index (χ1) is 11.5. The quantitative estimate of drug-likeness (QED) is 0.796. The molecule has 0 fully saturated rings. The molecule has 25 heavy (non-hydrogen) atoms. The lowest BCUT2D eigenvalue weighted by atomic mass is 10.3. The standard InChI is InChI=1S/C14H13F3N2O4S2/c1-23-11-4-6-12(7-5-11)25(21,22)19-24(2,20)13-8-3-10(9-18-13)14(15,16)17/h3-9H,1-2H3. The van der Waals surface area contributed by atoms with E-state index in [-0.39, 0.29) is 9.92 Å². The molecule has 0 spiro atoms. The molecule has 0 bridgehead atoms. The predicted molar refractivity (Wildman–Crippen MR) is 84.2 cm³/mol. The highest BCUT2D eigenvalue weighted by atomic mass is 32.3. The summed E-state index contributed by atoms with van der Waals surface area (Å²) < 4.78 is 82.9. The number of hydrogen-bond donors (Lipinski definition) is 0. The molecule has 0 saturated heterocycles. The number of aromatic nitrogens is 1. The highest BCUT2D eigenvalue weighted by Gasteiger charge is 2.31. The number of hydrogen-bond acceptors (Lipinski definition) is 5. The fraction of sp³-hybridized carbons (Fsp3) is 0.214. The number of methoxy groups -OCH3 is 1. The summed E-state index contributed by atoms with van der Waals surface area (Å²) in [4.78, 5) is 3.22. The van der Waals surface area contributed by atoms with E-state index in [9.17, 15) is 25.8 Å². The average molecular weight is 394 g/mol. The molecule has 1 heterocycles. The smallest absolute Gasteiger partial charge is 0.417 e. The van der Waals surface area contributed by atoms with Crippen LogP contribution in [0.3, 0.4) is 0 Å². The van der Waals surface area contributed by atoms with E-state index in [0.717, 1.165) is 12.3 Å². The summed E-state index contributed by atoms with van der Waals surface area (Å²) in [6, 6.07) is 6.71. The van der Waals surface area contributed by atoms with E-state index in [4.69, 9.17) is 4.74 Å². The van der Waals surface area contributed by atoms with Gasteiger partial charge >= 0.3 is 6.18 Å². The lowest BCUT2D eigenvalue weighted by Gasteiger charge is -2.08. The van der Waals surface area contributed by atoms with Crippen LogP contribution in [0, 0.1) is 0 Å². The Labute approximate surface area is 142 Å². The molecule has 1 aromatic heterocycles. The van der Waals surface area contributed by atoms with Crippen LogP contribution >= 0.6 is 0 Å². The Bertz CT molecular complexity index is 976. The van der Waals surface area contributed by atoms with Crippen LogP contribution in [-0.2, 0) is 25.9 Å². The van der Waals surface area contributed by atoms with E-state index in [1.807, 2.05) is 0 Å². The van der Waals surface area contributed by atoms with Gasteiger partial charge in [-0.25, -0.2) is 9.19 Å². The highest BCUT2D eigenvalue weighted by molar-refractivity contribution is 8.02. The largest absolute Gasteiger partial charge is 0.497 e. The molecule has 0 radical (unpaired) electrons. The van der Waals surface area contributed by atoms with Gasteiger partial charge in [0, 0.05) is 12.5 Å². The van der Waals surface area contributed by atoms with Crippen LogP contribution in [0.15, 0.2) is 56.3 Å². The first-order valence-electron chi connectivity index (χ1n) is 6.61. The van der Waals surface area contributed by atoms with Crippen LogP contribution in [0.25, 0.3) is 0 Å². The number of nitrogens with zero attached hydrogens (tertiary/aromatic N) is 2. The van der Waals surface area contributed by atoms with Gasteiger partial charge in [-0.1, -0.05) is 0 Å². The van der Waals surface area contributed by atoms with Gasteiger partial charge in [0.2, 0.25) is 0 Å². The molecule has 1 unspecified atom stereocenters. The van der Waals surface area contributed by atoms with Gasteiger partial charge in [0.25, 0.3) is 10.0 Å². The molecule has 0 aliphatic heterocycles. The first kappa shape index (κ1) is 19.2. The van der Waals surface area contributed by atoms with E-state index in [2.05, 4.69) is 8.75 Å². The van der Waals surface area contributed by atoms with Gasteiger partial charge in [0.15, 0.2) is 0 Å². The van der Waals surface area contributed by atoms with Gasteiger partial charge in [-0.3, -0.25) is 0 Å². The monoisotopic (exact) mass is 394 g/mol. The van der Waals surface area contributed by atoms with Crippen molar-refractivity contribution in [3.63, 3.8) is 0 Å². The zero-order valence-electron chi connectivity index (χ0n) is 13.0. The normalized spacial score (nSPS) is 14.6. The van der Waals surface area contributed by atoms with Gasteiger partial charge in [0.1, 0.15) is 20.5 Å². The fourth-order valence-corrected chi connectivity index (χ4v) is 4.98. The maximum Gasteiger partial charge on any atom is 0.417 e. The van der Waals surface area contributed by atoms with Crippen molar-refractivity contribution >= 4 is 19.8 Å². The van der Waals surface area contributed by atoms with Crippen molar-refractivity contribution in [2.24, 2.45) is 3.77 Å². The van der Waals surface area contributed by atoms with Gasteiger partial charge in [-0.2, -0.15) is 21.6 Å². The van der Waals surface area contributed by atoms with Gasteiger partial charge < -0.3 is 4.74 Å². The molecule has 6 nitrogen and oxygen atoms in total. The van der Waals surface area contributed by atoms with E-state index < -0.39 is 31.5 Å². The Morgan fingerprint density at radius 2 is 1.64 bits per heavy atom. The Morgan fingerprint density at radius 1 is 1.04 bits per heavy atom. The Hall–Kier alpha value is -2.14. The predicted octanol–water partition coefficient (Wildman–Crippen LogP) is 2.95. The number of benzene rings is 1. The Kier molecular flexibility index (Phi) is 5.09. The summed E-state index contributed by atoms with van der Waals surface area (Å²) in [5.41, 5.74) is -1.04. The molecule has 1 aromatic carbocycles. The van der Waals surface area contributed by atoms with E-state index in [1.165, 1.54) is 31.4 Å². The molecular formula is C14H13F3N2O4S2. The lowest BCUT2D eigenvalue weighted by Crippen LogP contribution is -2.09. The maximum atomic E-state index is 12.5. The molecule has 0 saturated carbocycles. The third-order valence-electron chi connectivity index (χ3n) is 3.05. The Balaban J connectivity index is 2.44. The van der Waals surface area contributed by atoms with E-state index in [1.54, 1.807) is 0 Å². The number of pyridine rings is 1. The molecule has 0 N–H and O–H groups in total. The second kappa shape index (κ2) is 6.64. The third kappa shape index (κ3) is 4.48. The van der Waals surface area contributed by atoms with Gasteiger partial charge in [-0.15, -0.1) is 3.77 Å². The molecule has 136 valence electrons. The summed E-state index contributed by atoms with van der Waals surface area (Å²) in [7, 11) is -6.46. The summed E-state index contributed by atoms with van der Waals surface area (Å²) in [6.45, 7) is 0. The molecule has 1 atom stereocenters. The SMILES string of the molecule is COc1ccc(S(=O)(=O)N=S(C)(=O)c2ccc(C(F)(F)F)cn2)cc1. The number of ether oxygens (including phenoxy) is 1. The number of alkyl halides is 3. The summed E-state index contributed by atoms with van der Waals surface area (Å²) in [6.07, 6.45) is -3.13. The van der Waals surface area contributed by atoms with Crippen molar-refractivity contribution in [3.8, 4) is 5.75 Å². The summed E-state index contributed by atoms with van der Waals surface area (Å²) in [5, 5.41) is -0.363. The first-order valence-corrected chi connectivity index (χ1v) is 9.98. The minimum absolute atomic E-state index is 0.227. The van der Waals surface area contributed by atoms with Gasteiger partial charge in [0.05, 0.1) is 17.6 Å². The van der Waals surface area contributed by atoms with Crippen LogP contribution < -0.4 is 4.74 Å². The molecule has 0 amide bonds. The van der Waals surface area contributed by atoms with Gasteiger partial charge in [-0.05, 0) is 36.4 Å². The fourth-order valence-electron chi connectivity index (χ4n) is 1.79. The van der Waals surface area contributed by atoms with Crippen molar-refractivity contribution < 1.29 is 30.5 Å². The van der Waals surface area contributed by atoms with Crippen molar-refractivity contribution in [2.45, 2.75) is 16.1 Å². The average Bonchev–Trinajstić information content (AvgIpc) is 2.53. The maximum absolute atomic E-state index is 12.5. The molecular weight excluding hydrogens is 381 g/mol. The highest BCUT2D eigenvalue weighted by Crippen LogP contribution is 2.29. The number of sulfonamides is 1. The van der Waals surface area contributed by atoms with Crippen LogP contribution in [0.2, 0.25) is 0 Å². The topological polar surface area (TPSA) is 85.7 Å². The van der Waals surface area contributed by atoms with Crippen molar-refractivity contribution in [1.29, 1.82) is 0 Å². The minimum Gasteiger partial charge on any atom is -0.497 e. The molecule has 0 aliphatic rings. The minimum atomic E-state index is -4.60. The van der Waals surface area contributed by atoms with Crippen molar-refractivity contribution in [2.75, 3.05) is 13.4 Å². The van der Waals surface area contributed by atoms with Crippen LogP contribution in [0.4, 0.5) is 13.2 Å². The zero-order chi connectivity index (χ0) is 18.9.